The lowest BCUT2D eigenvalue weighted by atomic mass is 10.1. The van der Waals surface area contributed by atoms with E-state index < -0.39 is 0 Å². The third-order valence-electron chi connectivity index (χ3n) is 3.39. The van der Waals surface area contributed by atoms with E-state index in [1.54, 1.807) is 6.07 Å². The van der Waals surface area contributed by atoms with Crippen LogP contribution in [-0.4, -0.2) is 53.4 Å². The van der Waals surface area contributed by atoms with Crippen LogP contribution < -0.4 is 5.73 Å². The smallest absolute Gasteiger partial charge is 0.255 e. The van der Waals surface area contributed by atoms with E-state index in [-0.39, 0.29) is 5.91 Å². The number of benzene rings is 1. The second-order valence-electron chi connectivity index (χ2n) is 5.02. The van der Waals surface area contributed by atoms with E-state index >= 15 is 0 Å². The molecule has 0 saturated carbocycles. The first-order chi connectivity index (χ1) is 9.47. The van der Waals surface area contributed by atoms with Gasteiger partial charge in [0.05, 0.1) is 15.6 Å². The number of thiocarbonyl (C=S) groups is 1. The van der Waals surface area contributed by atoms with Crippen molar-refractivity contribution in [1.29, 1.82) is 0 Å². The molecule has 1 aliphatic rings. The molecule has 0 bridgehead atoms. The highest BCUT2D eigenvalue weighted by Crippen LogP contribution is 2.20. The van der Waals surface area contributed by atoms with Crippen LogP contribution in [0.15, 0.2) is 18.2 Å². The van der Waals surface area contributed by atoms with Gasteiger partial charge in [-0.1, -0.05) is 29.9 Å². The number of piperazine rings is 1. The van der Waals surface area contributed by atoms with E-state index in [9.17, 15) is 4.79 Å². The number of carbonyl (C=O) groups is 1. The van der Waals surface area contributed by atoms with E-state index in [1.807, 2.05) is 24.0 Å². The van der Waals surface area contributed by atoms with Crippen molar-refractivity contribution in [3.63, 3.8) is 0 Å². The summed E-state index contributed by atoms with van der Waals surface area (Å²) in [6.07, 6.45) is 0. The Bertz CT molecular complexity index is 527. The van der Waals surface area contributed by atoms with Gasteiger partial charge in [0.2, 0.25) is 0 Å². The zero-order valence-electron chi connectivity index (χ0n) is 11.4. The van der Waals surface area contributed by atoms with Crippen molar-refractivity contribution in [3.8, 4) is 0 Å². The normalized spacial score (nSPS) is 16.2. The molecule has 0 aromatic heterocycles. The molecule has 1 heterocycles. The van der Waals surface area contributed by atoms with Crippen LogP contribution in [0.4, 0.5) is 0 Å². The topological polar surface area (TPSA) is 49.6 Å². The molecule has 1 aromatic carbocycles. The Kier molecular flexibility index (Phi) is 4.96. The summed E-state index contributed by atoms with van der Waals surface area (Å²) in [5.41, 5.74) is 7.15. The summed E-state index contributed by atoms with van der Waals surface area (Å²) in [7, 11) is 0. The number of rotatable bonds is 3. The highest BCUT2D eigenvalue weighted by Gasteiger charge is 2.23. The van der Waals surface area contributed by atoms with Gasteiger partial charge in [-0.25, -0.2) is 0 Å². The molecule has 0 unspecified atom stereocenters. The Morgan fingerprint density at radius 1 is 1.35 bits per heavy atom. The zero-order valence-corrected chi connectivity index (χ0v) is 13.0. The maximum Gasteiger partial charge on any atom is 0.255 e. The van der Waals surface area contributed by atoms with Gasteiger partial charge in [-0.05, 0) is 24.6 Å². The number of amides is 1. The number of hydrogen-bond acceptors (Lipinski definition) is 3. The van der Waals surface area contributed by atoms with Crippen LogP contribution in [0.1, 0.15) is 15.9 Å². The van der Waals surface area contributed by atoms with Gasteiger partial charge in [0, 0.05) is 32.7 Å². The van der Waals surface area contributed by atoms with E-state index in [2.05, 4.69) is 4.90 Å². The Morgan fingerprint density at radius 3 is 2.55 bits per heavy atom. The Balaban J connectivity index is 1.99. The maximum absolute atomic E-state index is 12.4. The van der Waals surface area contributed by atoms with Gasteiger partial charge in [0.15, 0.2) is 0 Å². The summed E-state index contributed by atoms with van der Waals surface area (Å²) in [5, 5.41) is 0.514. The summed E-state index contributed by atoms with van der Waals surface area (Å²) in [4.78, 5) is 16.9. The number of halogens is 1. The largest absolute Gasteiger partial charge is 0.392 e. The van der Waals surface area contributed by atoms with Gasteiger partial charge >= 0.3 is 0 Å². The molecule has 1 amide bonds. The van der Waals surface area contributed by atoms with Crippen LogP contribution in [0.2, 0.25) is 5.02 Å². The van der Waals surface area contributed by atoms with Gasteiger partial charge in [0.25, 0.3) is 5.91 Å². The molecule has 1 fully saturated rings. The fourth-order valence-electron chi connectivity index (χ4n) is 2.29. The molecule has 1 saturated heterocycles. The molecule has 1 aliphatic heterocycles. The SMILES string of the molecule is Cc1ccc(C(=O)N2CCN(CC(N)=S)CC2)c(Cl)c1. The number of hydrogen-bond donors (Lipinski definition) is 1. The van der Waals surface area contributed by atoms with Crippen LogP contribution in [0.5, 0.6) is 0 Å². The van der Waals surface area contributed by atoms with Gasteiger partial charge in [-0.15, -0.1) is 0 Å². The number of nitrogens with two attached hydrogens (primary N) is 1. The Hall–Kier alpha value is -1.17. The van der Waals surface area contributed by atoms with Crippen molar-refractivity contribution in [2.75, 3.05) is 32.7 Å². The minimum atomic E-state index is -0.00928. The monoisotopic (exact) mass is 311 g/mol. The quantitative estimate of drug-likeness (QED) is 0.863. The van der Waals surface area contributed by atoms with Gasteiger partial charge < -0.3 is 10.6 Å². The first kappa shape index (κ1) is 15.2. The molecule has 108 valence electrons. The van der Waals surface area contributed by atoms with Crippen LogP contribution in [-0.2, 0) is 0 Å². The molecular formula is C14H18ClN3OS. The number of aryl methyl sites for hydroxylation is 1. The summed E-state index contributed by atoms with van der Waals surface area (Å²) >= 11 is 11.1. The predicted molar refractivity (Wildman–Crippen MR) is 85.3 cm³/mol. The van der Waals surface area contributed by atoms with Crippen LogP contribution in [0, 0.1) is 6.92 Å². The molecule has 20 heavy (non-hydrogen) atoms. The van der Waals surface area contributed by atoms with Crippen LogP contribution in [0.25, 0.3) is 0 Å². The van der Waals surface area contributed by atoms with Crippen LogP contribution >= 0.6 is 23.8 Å². The second kappa shape index (κ2) is 6.52. The van der Waals surface area contributed by atoms with E-state index in [0.29, 0.717) is 35.2 Å². The Labute approximate surface area is 129 Å². The predicted octanol–water partition coefficient (Wildman–Crippen LogP) is 1.69. The van der Waals surface area contributed by atoms with Crippen molar-refractivity contribution < 1.29 is 4.79 Å². The third-order valence-corrected chi connectivity index (χ3v) is 3.84. The molecule has 0 atom stereocenters. The van der Waals surface area contributed by atoms with Crippen molar-refractivity contribution in [3.05, 3.63) is 34.3 Å². The summed E-state index contributed by atoms with van der Waals surface area (Å²) < 4.78 is 0. The highest BCUT2D eigenvalue weighted by molar-refractivity contribution is 7.80. The van der Waals surface area contributed by atoms with Crippen molar-refractivity contribution in [2.24, 2.45) is 5.73 Å². The lowest BCUT2D eigenvalue weighted by Crippen LogP contribution is -2.50. The minimum Gasteiger partial charge on any atom is -0.392 e. The fourth-order valence-corrected chi connectivity index (χ4v) is 2.79. The number of nitrogens with zero attached hydrogens (tertiary/aromatic N) is 2. The molecule has 0 aliphatic carbocycles. The Morgan fingerprint density at radius 2 is 2.00 bits per heavy atom. The van der Waals surface area contributed by atoms with E-state index in [1.165, 1.54) is 0 Å². The third kappa shape index (κ3) is 3.69. The molecule has 2 rings (SSSR count). The molecule has 0 radical (unpaired) electrons. The fraction of sp³-hybridized carbons (Fsp3) is 0.429. The molecule has 4 nitrogen and oxygen atoms in total. The average Bonchev–Trinajstić information content (AvgIpc) is 2.38. The van der Waals surface area contributed by atoms with E-state index in [0.717, 1.165) is 18.7 Å². The van der Waals surface area contributed by atoms with Crippen LogP contribution in [0.3, 0.4) is 0 Å². The minimum absolute atomic E-state index is 0.00928. The summed E-state index contributed by atoms with van der Waals surface area (Å²) in [6, 6.07) is 5.52. The standard InChI is InChI=1S/C14H18ClN3OS/c1-10-2-3-11(12(15)8-10)14(19)18-6-4-17(5-7-18)9-13(16)20/h2-3,8H,4-7,9H2,1H3,(H2,16,20). The molecule has 0 spiro atoms. The lowest BCUT2D eigenvalue weighted by Gasteiger charge is -2.34. The number of carbonyl (C=O) groups excluding carboxylic acids is 1. The van der Waals surface area contributed by atoms with Crippen molar-refractivity contribution >= 4 is 34.7 Å². The zero-order chi connectivity index (χ0) is 14.7. The first-order valence-electron chi connectivity index (χ1n) is 6.53. The average molecular weight is 312 g/mol. The summed E-state index contributed by atoms with van der Waals surface area (Å²) in [5.74, 6) is -0.00928. The molecular weight excluding hydrogens is 294 g/mol. The van der Waals surface area contributed by atoms with Crippen molar-refractivity contribution in [2.45, 2.75) is 6.92 Å². The molecule has 2 N–H and O–H groups in total. The van der Waals surface area contributed by atoms with Gasteiger partial charge in [0.1, 0.15) is 0 Å². The van der Waals surface area contributed by atoms with Gasteiger partial charge in [-0.2, -0.15) is 0 Å². The highest BCUT2D eigenvalue weighted by atomic mass is 35.5. The van der Waals surface area contributed by atoms with E-state index in [4.69, 9.17) is 29.6 Å². The molecule has 1 aromatic rings. The lowest BCUT2D eigenvalue weighted by molar-refractivity contribution is 0.0654. The summed E-state index contributed by atoms with van der Waals surface area (Å²) in [6.45, 7) is 5.48. The van der Waals surface area contributed by atoms with Crippen molar-refractivity contribution in [1.82, 2.24) is 9.80 Å². The second-order valence-corrected chi connectivity index (χ2v) is 5.95. The maximum atomic E-state index is 12.4. The first-order valence-corrected chi connectivity index (χ1v) is 7.32. The molecule has 6 heteroatoms. The van der Waals surface area contributed by atoms with Gasteiger partial charge in [-0.3, -0.25) is 9.69 Å².